The molecule has 4 heterocycles. The van der Waals surface area contributed by atoms with Crippen LogP contribution >= 0.6 is 0 Å². The van der Waals surface area contributed by atoms with Gasteiger partial charge in [-0.15, -0.1) is 0 Å². The van der Waals surface area contributed by atoms with Gasteiger partial charge in [-0.25, -0.2) is 0 Å². The van der Waals surface area contributed by atoms with Crippen molar-refractivity contribution in [2.24, 2.45) is 5.92 Å². The number of hydrogen-bond donors (Lipinski definition) is 0. The first-order valence-electron chi connectivity index (χ1n) is 10.2. The number of ether oxygens (including phenoxy) is 1. The summed E-state index contributed by atoms with van der Waals surface area (Å²) in [5.74, 6) is 1.09. The molecule has 1 aromatic heterocycles. The van der Waals surface area contributed by atoms with Gasteiger partial charge in [0.05, 0.1) is 19.7 Å². The van der Waals surface area contributed by atoms with Gasteiger partial charge in [0, 0.05) is 36.4 Å². The Morgan fingerprint density at radius 3 is 2.79 bits per heavy atom. The molecule has 0 saturated carbocycles. The zero-order valence-corrected chi connectivity index (χ0v) is 16.3. The van der Waals surface area contributed by atoms with Gasteiger partial charge >= 0.3 is 0 Å². The number of hydrogen-bond acceptors (Lipinski definition) is 4. The van der Waals surface area contributed by atoms with E-state index >= 15 is 0 Å². The quantitative estimate of drug-likeness (QED) is 0.819. The van der Waals surface area contributed by atoms with Crippen LogP contribution in [0.4, 0.5) is 0 Å². The molecule has 2 aromatic rings. The van der Waals surface area contributed by atoms with Crippen LogP contribution in [0, 0.1) is 12.8 Å². The minimum Gasteiger partial charge on any atom is -0.451 e. The van der Waals surface area contributed by atoms with Crippen molar-refractivity contribution in [3.05, 3.63) is 35.6 Å². The Kier molecular flexibility index (Phi) is 4.19. The van der Waals surface area contributed by atoms with E-state index in [0.717, 1.165) is 48.9 Å². The lowest BCUT2D eigenvalue weighted by molar-refractivity contribution is -0.169. The third-order valence-corrected chi connectivity index (χ3v) is 6.57. The van der Waals surface area contributed by atoms with Crippen molar-refractivity contribution >= 4 is 22.8 Å². The molecule has 5 rings (SSSR count). The van der Waals surface area contributed by atoms with Gasteiger partial charge in [0.2, 0.25) is 5.91 Å². The van der Waals surface area contributed by atoms with Crippen molar-refractivity contribution < 1.29 is 18.7 Å². The van der Waals surface area contributed by atoms with Crippen LogP contribution in [-0.4, -0.2) is 60.0 Å². The zero-order valence-electron chi connectivity index (χ0n) is 16.3. The predicted octanol–water partition coefficient (Wildman–Crippen LogP) is 2.98. The van der Waals surface area contributed by atoms with Gasteiger partial charge in [-0.05, 0) is 32.3 Å². The second-order valence-electron chi connectivity index (χ2n) is 8.56. The van der Waals surface area contributed by atoms with Crippen LogP contribution in [0.15, 0.2) is 28.7 Å². The summed E-state index contributed by atoms with van der Waals surface area (Å²) in [5.41, 5.74) is 1.45. The Labute approximate surface area is 164 Å². The van der Waals surface area contributed by atoms with Crippen molar-refractivity contribution in [3.63, 3.8) is 0 Å². The summed E-state index contributed by atoms with van der Waals surface area (Å²) in [6, 6.07) is 7.75. The molecular formula is C22H26N2O4. The lowest BCUT2D eigenvalue weighted by Gasteiger charge is -2.52. The van der Waals surface area contributed by atoms with Crippen molar-refractivity contribution in [2.75, 3.05) is 32.8 Å². The monoisotopic (exact) mass is 382 g/mol. The average molecular weight is 382 g/mol. The van der Waals surface area contributed by atoms with Crippen LogP contribution in [0.3, 0.4) is 0 Å². The van der Waals surface area contributed by atoms with E-state index in [2.05, 4.69) is 0 Å². The minimum absolute atomic E-state index is 0.0484. The first-order valence-corrected chi connectivity index (χ1v) is 10.2. The molecule has 28 heavy (non-hydrogen) atoms. The maximum Gasteiger partial charge on any atom is 0.290 e. The maximum absolute atomic E-state index is 12.9. The molecule has 6 heteroatoms. The van der Waals surface area contributed by atoms with Crippen molar-refractivity contribution in [1.29, 1.82) is 0 Å². The van der Waals surface area contributed by atoms with E-state index in [9.17, 15) is 9.59 Å². The number of para-hydroxylation sites is 1. The van der Waals surface area contributed by atoms with Gasteiger partial charge in [-0.2, -0.15) is 0 Å². The Bertz CT molecular complexity index is 918. The molecule has 0 bridgehead atoms. The largest absolute Gasteiger partial charge is 0.451 e. The van der Waals surface area contributed by atoms with Crippen LogP contribution < -0.4 is 0 Å². The number of furan rings is 1. The molecule has 3 saturated heterocycles. The highest BCUT2D eigenvalue weighted by atomic mass is 16.5. The number of fused-ring (bicyclic) bond motifs is 1. The number of amides is 2. The Morgan fingerprint density at radius 2 is 2.11 bits per heavy atom. The predicted molar refractivity (Wildman–Crippen MR) is 104 cm³/mol. The van der Waals surface area contributed by atoms with E-state index in [1.165, 1.54) is 0 Å². The van der Waals surface area contributed by atoms with E-state index in [1.54, 1.807) is 0 Å². The molecule has 1 aromatic carbocycles. The normalized spacial score (nSPS) is 24.2. The number of benzene rings is 1. The summed E-state index contributed by atoms with van der Waals surface area (Å²) in [6.07, 6.45) is 3.67. The van der Waals surface area contributed by atoms with E-state index < -0.39 is 0 Å². The fourth-order valence-electron chi connectivity index (χ4n) is 4.83. The zero-order chi connectivity index (χ0) is 19.3. The molecule has 1 spiro atoms. The molecule has 3 aliphatic heterocycles. The van der Waals surface area contributed by atoms with E-state index in [4.69, 9.17) is 9.15 Å². The van der Waals surface area contributed by atoms with E-state index in [0.29, 0.717) is 37.8 Å². The summed E-state index contributed by atoms with van der Waals surface area (Å²) in [4.78, 5) is 28.5. The van der Waals surface area contributed by atoms with Crippen molar-refractivity contribution in [2.45, 2.75) is 38.2 Å². The number of rotatable bonds is 3. The number of nitrogens with zero attached hydrogens (tertiary/aromatic N) is 2. The molecule has 0 radical (unpaired) electrons. The highest BCUT2D eigenvalue weighted by Crippen LogP contribution is 2.38. The summed E-state index contributed by atoms with van der Waals surface area (Å²) < 4.78 is 12.0. The summed E-state index contributed by atoms with van der Waals surface area (Å²) >= 11 is 0. The Hall–Kier alpha value is -2.34. The number of likely N-dealkylation sites (tertiary alicyclic amines) is 2. The summed E-state index contributed by atoms with van der Waals surface area (Å²) in [6.45, 7) is 5.57. The summed E-state index contributed by atoms with van der Waals surface area (Å²) in [7, 11) is 0. The van der Waals surface area contributed by atoms with Gasteiger partial charge in [0.1, 0.15) is 11.2 Å². The van der Waals surface area contributed by atoms with Crippen molar-refractivity contribution in [1.82, 2.24) is 9.80 Å². The van der Waals surface area contributed by atoms with Gasteiger partial charge < -0.3 is 19.0 Å². The average Bonchev–Trinajstić information content (AvgIpc) is 3.24. The second-order valence-corrected chi connectivity index (χ2v) is 8.56. The lowest BCUT2D eigenvalue weighted by atomic mass is 9.82. The Balaban J connectivity index is 1.19. The van der Waals surface area contributed by atoms with E-state index in [1.807, 2.05) is 41.0 Å². The standard InChI is InChI=1S/C22H26N2O4/c1-15-17-5-2-3-6-18(17)28-20(15)21(26)24-13-22(14-24)9-8-16(12-27-22)11-23-10-4-7-19(23)25/h2-3,5-6,16H,4,7-14H2,1H3/t16-/m0/s1. The fourth-order valence-corrected chi connectivity index (χ4v) is 4.83. The van der Waals surface area contributed by atoms with Gasteiger partial charge in [-0.1, -0.05) is 18.2 Å². The lowest BCUT2D eigenvalue weighted by Crippen LogP contribution is -2.66. The topological polar surface area (TPSA) is 63.0 Å². The first-order chi connectivity index (χ1) is 13.5. The molecule has 3 aliphatic rings. The van der Waals surface area contributed by atoms with Crippen LogP contribution in [-0.2, 0) is 9.53 Å². The van der Waals surface area contributed by atoms with E-state index in [-0.39, 0.29) is 17.4 Å². The third-order valence-electron chi connectivity index (χ3n) is 6.57. The van der Waals surface area contributed by atoms with Gasteiger partial charge in [0.15, 0.2) is 5.76 Å². The molecular weight excluding hydrogens is 356 g/mol. The van der Waals surface area contributed by atoms with Crippen LogP contribution in [0.1, 0.15) is 41.8 Å². The molecule has 6 nitrogen and oxygen atoms in total. The molecule has 0 aliphatic carbocycles. The third kappa shape index (κ3) is 2.91. The minimum atomic E-state index is -0.207. The molecule has 3 fully saturated rings. The first kappa shape index (κ1) is 17.7. The van der Waals surface area contributed by atoms with Crippen molar-refractivity contribution in [3.8, 4) is 0 Å². The van der Waals surface area contributed by atoms with Crippen LogP contribution in [0.25, 0.3) is 11.0 Å². The molecule has 0 unspecified atom stereocenters. The molecule has 148 valence electrons. The van der Waals surface area contributed by atoms with Crippen LogP contribution in [0.5, 0.6) is 0 Å². The van der Waals surface area contributed by atoms with Gasteiger partial charge in [0.25, 0.3) is 5.91 Å². The maximum atomic E-state index is 12.9. The number of carbonyl (C=O) groups excluding carboxylic acids is 2. The highest BCUT2D eigenvalue weighted by molar-refractivity contribution is 5.99. The highest BCUT2D eigenvalue weighted by Gasteiger charge is 2.49. The summed E-state index contributed by atoms with van der Waals surface area (Å²) in [5, 5.41) is 0.995. The molecule has 1 atom stereocenters. The molecule has 0 N–H and O–H groups in total. The number of aryl methyl sites for hydroxylation is 1. The smallest absolute Gasteiger partial charge is 0.290 e. The second kappa shape index (κ2) is 6.62. The van der Waals surface area contributed by atoms with Gasteiger partial charge in [-0.3, -0.25) is 9.59 Å². The van der Waals surface area contributed by atoms with Crippen LogP contribution in [0.2, 0.25) is 0 Å². The number of carbonyl (C=O) groups is 2. The fraction of sp³-hybridized carbons (Fsp3) is 0.545. The SMILES string of the molecule is Cc1c(C(=O)N2CC3(CC[C@@H](CN4CCCC4=O)CO3)C2)oc2ccccc12. The molecule has 2 amide bonds. The Morgan fingerprint density at radius 1 is 1.29 bits per heavy atom.